The largest absolute Gasteiger partial charge is 0.467 e. The molecule has 32 heavy (non-hydrogen) atoms. The van der Waals surface area contributed by atoms with Crippen LogP contribution in [0.15, 0.2) is 60.9 Å². The Hall–Kier alpha value is -3.62. The zero-order valence-electron chi connectivity index (χ0n) is 17.5. The fraction of sp³-hybridized carbons (Fsp3) is 0.261. The van der Waals surface area contributed by atoms with Gasteiger partial charge in [-0.3, -0.25) is 4.79 Å². The van der Waals surface area contributed by atoms with E-state index >= 15 is 0 Å². The molecule has 0 radical (unpaired) electrons. The number of nitrogens with one attached hydrogen (secondary N) is 1. The lowest BCUT2D eigenvalue weighted by molar-refractivity contribution is -0.144. The maximum atomic E-state index is 13.0. The third-order valence-electron chi connectivity index (χ3n) is 4.86. The van der Waals surface area contributed by atoms with Gasteiger partial charge in [-0.2, -0.15) is 13.2 Å². The van der Waals surface area contributed by atoms with Gasteiger partial charge in [-0.05, 0) is 17.7 Å². The molecular formula is C23H22F3N3O3. The van der Waals surface area contributed by atoms with Crippen molar-refractivity contribution in [2.45, 2.75) is 32.1 Å². The Kier molecular flexibility index (Phi) is 6.97. The van der Waals surface area contributed by atoms with Crippen LogP contribution in [0.2, 0.25) is 0 Å². The first kappa shape index (κ1) is 23.1. The van der Waals surface area contributed by atoms with Gasteiger partial charge in [-0.25, -0.2) is 9.78 Å². The molecule has 0 spiro atoms. The Morgan fingerprint density at radius 3 is 2.31 bits per heavy atom. The number of ether oxygens (including phenoxy) is 1. The van der Waals surface area contributed by atoms with E-state index in [1.165, 1.54) is 26.2 Å². The molecular weight excluding hydrogens is 423 g/mol. The van der Waals surface area contributed by atoms with E-state index in [4.69, 9.17) is 4.74 Å². The molecule has 6 nitrogen and oxygen atoms in total. The van der Waals surface area contributed by atoms with Crippen molar-refractivity contribution < 1.29 is 27.5 Å². The molecule has 0 unspecified atom stereocenters. The summed E-state index contributed by atoms with van der Waals surface area (Å²) in [6.07, 6.45) is -2.87. The summed E-state index contributed by atoms with van der Waals surface area (Å²) in [5.74, 6) is -1.06. The van der Waals surface area contributed by atoms with Crippen molar-refractivity contribution in [3.63, 3.8) is 0 Å². The first-order chi connectivity index (χ1) is 15.2. The van der Waals surface area contributed by atoms with Crippen LogP contribution in [-0.4, -0.2) is 34.6 Å². The summed E-state index contributed by atoms with van der Waals surface area (Å²) in [4.78, 5) is 28.1. The lowest BCUT2D eigenvalue weighted by Gasteiger charge is -2.16. The molecule has 0 saturated carbocycles. The standard InChI is InChI=1S/C23H22F3N3O3/c1-15(30)28-20(22(31)32-2)12-19-21(17-8-10-18(11-9-17)23(24,25)26)29(14-27-19)13-16-6-4-3-5-7-16/h3-11,14,20H,12-13H2,1-2H3,(H,28,30)/t20-/m0/s1. The molecule has 168 valence electrons. The van der Waals surface area contributed by atoms with Crippen LogP contribution in [0.5, 0.6) is 0 Å². The van der Waals surface area contributed by atoms with Gasteiger partial charge < -0.3 is 14.6 Å². The van der Waals surface area contributed by atoms with Crippen LogP contribution >= 0.6 is 0 Å². The van der Waals surface area contributed by atoms with E-state index < -0.39 is 29.7 Å². The Morgan fingerprint density at radius 2 is 1.75 bits per heavy atom. The van der Waals surface area contributed by atoms with Gasteiger partial charge in [0.2, 0.25) is 5.91 Å². The highest BCUT2D eigenvalue weighted by Crippen LogP contribution is 2.32. The van der Waals surface area contributed by atoms with Crippen molar-refractivity contribution in [1.29, 1.82) is 0 Å². The zero-order valence-corrected chi connectivity index (χ0v) is 17.5. The van der Waals surface area contributed by atoms with E-state index in [1.54, 1.807) is 10.9 Å². The van der Waals surface area contributed by atoms with E-state index in [0.29, 0.717) is 23.5 Å². The summed E-state index contributed by atoms with van der Waals surface area (Å²) in [5.41, 5.74) is 1.72. The monoisotopic (exact) mass is 445 g/mol. The van der Waals surface area contributed by atoms with Crippen LogP contribution in [0.1, 0.15) is 23.7 Å². The van der Waals surface area contributed by atoms with Gasteiger partial charge in [0, 0.05) is 25.5 Å². The number of amides is 1. The highest BCUT2D eigenvalue weighted by Gasteiger charge is 2.30. The molecule has 3 aromatic rings. The summed E-state index contributed by atoms with van der Waals surface area (Å²) in [6.45, 7) is 1.70. The average molecular weight is 445 g/mol. The predicted molar refractivity (Wildman–Crippen MR) is 112 cm³/mol. The normalized spacial score (nSPS) is 12.3. The Bertz CT molecular complexity index is 1080. The predicted octanol–water partition coefficient (Wildman–Crippen LogP) is 3.84. The maximum absolute atomic E-state index is 13.0. The molecule has 0 bridgehead atoms. The molecule has 2 aromatic carbocycles. The fourth-order valence-corrected chi connectivity index (χ4v) is 3.40. The number of esters is 1. The third kappa shape index (κ3) is 5.54. The van der Waals surface area contributed by atoms with Crippen LogP contribution in [-0.2, 0) is 33.5 Å². The number of nitrogens with zero attached hydrogens (tertiary/aromatic N) is 2. The van der Waals surface area contributed by atoms with Crippen molar-refractivity contribution in [2.24, 2.45) is 0 Å². The Labute approximate surface area is 183 Å². The lowest BCUT2D eigenvalue weighted by Crippen LogP contribution is -2.42. The number of hydrogen-bond acceptors (Lipinski definition) is 4. The van der Waals surface area contributed by atoms with Crippen LogP contribution in [0, 0.1) is 0 Å². The van der Waals surface area contributed by atoms with Crippen molar-refractivity contribution in [1.82, 2.24) is 14.9 Å². The van der Waals surface area contributed by atoms with Crippen LogP contribution in [0.25, 0.3) is 11.3 Å². The average Bonchev–Trinajstić information content (AvgIpc) is 3.14. The number of alkyl halides is 3. The van der Waals surface area contributed by atoms with E-state index in [0.717, 1.165) is 17.7 Å². The molecule has 3 rings (SSSR count). The van der Waals surface area contributed by atoms with Gasteiger partial charge in [-0.1, -0.05) is 42.5 Å². The van der Waals surface area contributed by atoms with E-state index in [1.807, 2.05) is 30.3 Å². The molecule has 0 saturated heterocycles. The molecule has 1 amide bonds. The number of methoxy groups -OCH3 is 1. The Balaban J connectivity index is 2.03. The summed E-state index contributed by atoms with van der Waals surface area (Å²) < 4.78 is 45.6. The minimum Gasteiger partial charge on any atom is -0.467 e. The van der Waals surface area contributed by atoms with Crippen molar-refractivity contribution in [3.8, 4) is 11.3 Å². The second-order valence-corrected chi connectivity index (χ2v) is 7.21. The second-order valence-electron chi connectivity index (χ2n) is 7.21. The second kappa shape index (κ2) is 9.67. The Morgan fingerprint density at radius 1 is 1.09 bits per heavy atom. The number of aromatic nitrogens is 2. The van der Waals surface area contributed by atoms with Crippen molar-refractivity contribution in [3.05, 3.63) is 77.7 Å². The van der Waals surface area contributed by atoms with E-state index in [9.17, 15) is 22.8 Å². The van der Waals surface area contributed by atoms with Gasteiger partial charge in [0.15, 0.2) is 0 Å². The highest BCUT2D eigenvalue weighted by atomic mass is 19.4. The summed E-state index contributed by atoms with van der Waals surface area (Å²) in [5, 5.41) is 2.53. The number of benzene rings is 2. The van der Waals surface area contributed by atoms with Gasteiger partial charge in [0.05, 0.1) is 30.4 Å². The van der Waals surface area contributed by atoms with Crippen LogP contribution in [0.3, 0.4) is 0 Å². The SMILES string of the molecule is COC(=O)[C@H](Cc1ncn(Cc2ccccc2)c1-c1ccc(C(F)(F)F)cc1)NC(C)=O. The molecule has 1 heterocycles. The lowest BCUT2D eigenvalue weighted by atomic mass is 10.0. The molecule has 1 atom stereocenters. The van der Waals surface area contributed by atoms with Gasteiger partial charge in [0.1, 0.15) is 6.04 Å². The first-order valence-electron chi connectivity index (χ1n) is 9.79. The molecule has 0 aliphatic carbocycles. The van der Waals surface area contributed by atoms with E-state index in [2.05, 4.69) is 10.3 Å². The van der Waals surface area contributed by atoms with Crippen molar-refractivity contribution >= 4 is 11.9 Å². The minimum absolute atomic E-state index is 0.0183. The first-order valence-corrected chi connectivity index (χ1v) is 9.79. The number of carbonyl (C=O) groups excluding carboxylic acids is 2. The number of hydrogen-bond donors (Lipinski definition) is 1. The highest BCUT2D eigenvalue weighted by molar-refractivity contribution is 5.83. The molecule has 0 aliphatic rings. The molecule has 1 N–H and O–H groups in total. The quantitative estimate of drug-likeness (QED) is 0.561. The number of halogens is 3. The number of imidazole rings is 1. The van der Waals surface area contributed by atoms with Crippen LogP contribution in [0.4, 0.5) is 13.2 Å². The molecule has 0 aliphatic heterocycles. The summed E-state index contributed by atoms with van der Waals surface area (Å²) in [7, 11) is 1.21. The zero-order chi connectivity index (χ0) is 23.3. The smallest absolute Gasteiger partial charge is 0.416 e. The van der Waals surface area contributed by atoms with Gasteiger partial charge in [0.25, 0.3) is 0 Å². The molecule has 0 fully saturated rings. The number of carbonyl (C=O) groups is 2. The summed E-state index contributed by atoms with van der Waals surface area (Å²) in [6, 6.07) is 13.3. The minimum atomic E-state index is -4.45. The molecule has 9 heteroatoms. The van der Waals surface area contributed by atoms with Crippen molar-refractivity contribution in [2.75, 3.05) is 7.11 Å². The number of rotatable bonds is 7. The van der Waals surface area contributed by atoms with Crippen LogP contribution < -0.4 is 5.32 Å². The maximum Gasteiger partial charge on any atom is 0.416 e. The summed E-state index contributed by atoms with van der Waals surface area (Å²) >= 11 is 0. The van der Waals surface area contributed by atoms with Gasteiger partial charge >= 0.3 is 12.1 Å². The van der Waals surface area contributed by atoms with Gasteiger partial charge in [-0.15, -0.1) is 0 Å². The third-order valence-corrected chi connectivity index (χ3v) is 4.86. The topological polar surface area (TPSA) is 73.2 Å². The molecule has 1 aromatic heterocycles. The van der Waals surface area contributed by atoms with E-state index in [-0.39, 0.29) is 6.42 Å². The fourth-order valence-electron chi connectivity index (χ4n) is 3.40.